The summed E-state index contributed by atoms with van der Waals surface area (Å²) in [6.07, 6.45) is 5.86. The molecule has 1 fully saturated rings. The second-order valence-corrected chi connectivity index (χ2v) is 6.92. The molecule has 1 aliphatic rings. The number of aromatic amines is 1. The lowest BCUT2D eigenvalue weighted by Gasteiger charge is -2.17. The lowest BCUT2D eigenvalue weighted by Crippen LogP contribution is -2.20. The number of benzene rings is 1. The fourth-order valence-corrected chi connectivity index (χ4v) is 4.02. The molecule has 0 radical (unpaired) electrons. The minimum Gasteiger partial charge on any atom is -0.339 e. The van der Waals surface area contributed by atoms with E-state index in [-0.39, 0.29) is 0 Å². The van der Waals surface area contributed by atoms with Crippen LogP contribution in [-0.2, 0) is 6.54 Å². The largest absolute Gasteiger partial charge is 0.339 e. The molecule has 1 aliphatic heterocycles. The summed E-state index contributed by atoms with van der Waals surface area (Å²) in [5.41, 5.74) is 4.86. The van der Waals surface area contributed by atoms with Crippen LogP contribution in [-0.4, -0.2) is 28.0 Å². The molecule has 1 atom stereocenters. The van der Waals surface area contributed by atoms with Crippen molar-refractivity contribution < 1.29 is 0 Å². The first kappa shape index (κ1) is 15.4. The van der Waals surface area contributed by atoms with Crippen molar-refractivity contribution in [2.45, 2.75) is 32.7 Å². The van der Waals surface area contributed by atoms with Gasteiger partial charge >= 0.3 is 0 Å². The SMILES string of the molecule is CCCC1CCN(Cc2c(-c3ccccc3)[nH]c3ncccc23)C1. The molecule has 3 heteroatoms. The predicted octanol–water partition coefficient (Wildman–Crippen LogP) is 4.85. The standard InChI is InChI=1S/C21H25N3/c1-2-7-16-11-13-24(14-16)15-19-18-10-6-12-22-21(18)23-20(19)17-8-4-3-5-9-17/h3-6,8-10,12,16H,2,7,11,13-15H2,1H3,(H,22,23). The van der Waals surface area contributed by atoms with Crippen molar-refractivity contribution in [2.75, 3.05) is 13.1 Å². The van der Waals surface area contributed by atoms with E-state index in [1.807, 2.05) is 12.3 Å². The number of hydrogen-bond donors (Lipinski definition) is 1. The first-order chi connectivity index (χ1) is 11.8. The van der Waals surface area contributed by atoms with Crippen molar-refractivity contribution in [1.82, 2.24) is 14.9 Å². The molecule has 3 aromatic rings. The van der Waals surface area contributed by atoms with Crippen LogP contribution in [0, 0.1) is 5.92 Å². The van der Waals surface area contributed by atoms with Crippen LogP contribution in [0.5, 0.6) is 0 Å². The molecule has 1 saturated heterocycles. The fourth-order valence-electron chi connectivity index (χ4n) is 4.02. The Kier molecular flexibility index (Phi) is 4.35. The third-order valence-corrected chi connectivity index (χ3v) is 5.19. The maximum Gasteiger partial charge on any atom is 0.138 e. The first-order valence-electron chi connectivity index (χ1n) is 9.08. The molecule has 1 aromatic carbocycles. The van der Waals surface area contributed by atoms with Crippen molar-refractivity contribution in [3.8, 4) is 11.3 Å². The zero-order valence-electron chi connectivity index (χ0n) is 14.3. The van der Waals surface area contributed by atoms with Gasteiger partial charge in [0.25, 0.3) is 0 Å². The van der Waals surface area contributed by atoms with Crippen LogP contribution in [0.4, 0.5) is 0 Å². The van der Waals surface area contributed by atoms with E-state index in [2.05, 4.69) is 58.2 Å². The average molecular weight is 319 g/mol. The molecule has 0 aliphatic carbocycles. The van der Waals surface area contributed by atoms with E-state index in [1.165, 1.54) is 54.6 Å². The van der Waals surface area contributed by atoms with Crippen molar-refractivity contribution >= 4 is 11.0 Å². The molecule has 1 unspecified atom stereocenters. The van der Waals surface area contributed by atoms with Gasteiger partial charge in [-0.1, -0.05) is 43.7 Å². The Morgan fingerprint density at radius 3 is 2.88 bits per heavy atom. The first-order valence-corrected chi connectivity index (χ1v) is 9.08. The Bertz CT molecular complexity index is 806. The highest BCUT2D eigenvalue weighted by Gasteiger charge is 2.24. The highest BCUT2D eigenvalue weighted by atomic mass is 15.1. The van der Waals surface area contributed by atoms with Gasteiger partial charge in [0, 0.05) is 30.2 Å². The summed E-state index contributed by atoms with van der Waals surface area (Å²) in [5, 5.41) is 1.26. The summed E-state index contributed by atoms with van der Waals surface area (Å²) in [5.74, 6) is 0.874. The third kappa shape index (κ3) is 2.96. The summed E-state index contributed by atoms with van der Waals surface area (Å²) in [6, 6.07) is 14.9. The van der Waals surface area contributed by atoms with Crippen molar-refractivity contribution in [2.24, 2.45) is 5.92 Å². The van der Waals surface area contributed by atoms with Gasteiger partial charge in [0.15, 0.2) is 0 Å². The van der Waals surface area contributed by atoms with Gasteiger partial charge in [-0.15, -0.1) is 0 Å². The molecule has 1 N–H and O–H groups in total. The molecule has 4 rings (SSSR count). The van der Waals surface area contributed by atoms with Crippen LogP contribution in [0.2, 0.25) is 0 Å². The van der Waals surface area contributed by atoms with Gasteiger partial charge in [-0.2, -0.15) is 0 Å². The average Bonchev–Trinajstić information content (AvgIpc) is 3.21. The Labute approximate surface area is 143 Å². The van der Waals surface area contributed by atoms with E-state index in [9.17, 15) is 0 Å². The second-order valence-electron chi connectivity index (χ2n) is 6.92. The number of nitrogens with one attached hydrogen (secondary N) is 1. The molecular formula is C21H25N3. The smallest absolute Gasteiger partial charge is 0.138 e. The number of nitrogens with zero attached hydrogens (tertiary/aromatic N) is 2. The van der Waals surface area contributed by atoms with E-state index >= 15 is 0 Å². The maximum absolute atomic E-state index is 4.53. The monoisotopic (exact) mass is 319 g/mol. The number of aromatic nitrogens is 2. The van der Waals surface area contributed by atoms with Crippen LogP contribution in [0.25, 0.3) is 22.3 Å². The van der Waals surface area contributed by atoms with E-state index in [1.54, 1.807) is 0 Å². The van der Waals surface area contributed by atoms with Crippen LogP contribution in [0.15, 0.2) is 48.7 Å². The van der Waals surface area contributed by atoms with Gasteiger partial charge < -0.3 is 4.98 Å². The molecule has 0 amide bonds. The number of H-pyrrole nitrogens is 1. The Morgan fingerprint density at radius 2 is 2.04 bits per heavy atom. The summed E-state index contributed by atoms with van der Waals surface area (Å²) >= 11 is 0. The Morgan fingerprint density at radius 1 is 1.17 bits per heavy atom. The molecular weight excluding hydrogens is 294 g/mol. The van der Waals surface area contributed by atoms with Gasteiger partial charge in [0.2, 0.25) is 0 Å². The highest BCUT2D eigenvalue weighted by molar-refractivity contribution is 5.88. The van der Waals surface area contributed by atoms with Crippen molar-refractivity contribution in [3.63, 3.8) is 0 Å². The Balaban J connectivity index is 1.68. The quantitative estimate of drug-likeness (QED) is 0.729. The van der Waals surface area contributed by atoms with E-state index < -0.39 is 0 Å². The molecule has 0 saturated carbocycles. The lowest BCUT2D eigenvalue weighted by molar-refractivity contribution is 0.314. The minimum absolute atomic E-state index is 0.874. The van der Waals surface area contributed by atoms with E-state index in [0.29, 0.717) is 0 Å². The summed E-state index contributed by atoms with van der Waals surface area (Å²) in [4.78, 5) is 10.7. The maximum atomic E-state index is 4.53. The summed E-state index contributed by atoms with van der Waals surface area (Å²) < 4.78 is 0. The topological polar surface area (TPSA) is 31.9 Å². The number of pyridine rings is 1. The molecule has 3 heterocycles. The van der Waals surface area contributed by atoms with Crippen LogP contribution >= 0.6 is 0 Å². The molecule has 3 nitrogen and oxygen atoms in total. The number of rotatable bonds is 5. The van der Waals surface area contributed by atoms with E-state index in [0.717, 1.165) is 18.1 Å². The summed E-state index contributed by atoms with van der Waals surface area (Å²) in [7, 11) is 0. The Hall–Kier alpha value is -2.13. The van der Waals surface area contributed by atoms with Crippen LogP contribution < -0.4 is 0 Å². The van der Waals surface area contributed by atoms with Crippen LogP contribution in [0.3, 0.4) is 0 Å². The summed E-state index contributed by atoms with van der Waals surface area (Å²) in [6.45, 7) is 5.75. The molecule has 124 valence electrons. The predicted molar refractivity (Wildman–Crippen MR) is 99.8 cm³/mol. The zero-order chi connectivity index (χ0) is 16.4. The van der Waals surface area contributed by atoms with Gasteiger partial charge in [0.05, 0.1) is 5.69 Å². The van der Waals surface area contributed by atoms with Gasteiger partial charge in [0.1, 0.15) is 5.65 Å². The number of hydrogen-bond acceptors (Lipinski definition) is 2. The van der Waals surface area contributed by atoms with Crippen molar-refractivity contribution in [1.29, 1.82) is 0 Å². The molecule has 24 heavy (non-hydrogen) atoms. The second kappa shape index (κ2) is 6.78. The van der Waals surface area contributed by atoms with Gasteiger partial charge in [-0.05, 0) is 43.0 Å². The third-order valence-electron chi connectivity index (χ3n) is 5.19. The van der Waals surface area contributed by atoms with E-state index in [4.69, 9.17) is 0 Å². The fraction of sp³-hybridized carbons (Fsp3) is 0.381. The van der Waals surface area contributed by atoms with Crippen molar-refractivity contribution in [3.05, 3.63) is 54.2 Å². The van der Waals surface area contributed by atoms with Crippen LogP contribution in [0.1, 0.15) is 31.7 Å². The van der Waals surface area contributed by atoms with Gasteiger partial charge in [-0.3, -0.25) is 4.90 Å². The van der Waals surface area contributed by atoms with Gasteiger partial charge in [-0.25, -0.2) is 4.98 Å². The zero-order valence-corrected chi connectivity index (χ0v) is 14.3. The normalized spacial score (nSPS) is 18.5. The highest BCUT2D eigenvalue weighted by Crippen LogP contribution is 2.32. The lowest BCUT2D eigenvalue weighted by atomic mass is 10.0. The number of fused-ring (bicyclic) bond motifs is 1. The molecule has 0 spiro atoms. The minimum atomic E-state index is 0.874. The molecule has 2 aromatic heterocycles. The molecule has 0 bridgehead atoms. The number of likely N-dealkylation sites (tertiary alicyclic amines) is 1.